The fourth-order valence-corrected chi connectivity index (χ4v) is 1.15. The standard InChI is InChI=1S/C11H19N3O2/c1-3-16-9-11-13-7-10(8-14-11)6-12-4-5-15-2/h7-8,12H,3-6,9H2,1-2H3. The van der Waals surface area contributed by atoms with E-state index in [1.807, 2.05) is 19.3 Å². The van der Waals surface area contributed by atoms with Crippen molar-refractivity contribution >= 4 is 0 Å². The number of ether oxygens (including phenoxy) is 2. The second-order valence-electron chi connectivity index (χ2n) is 3.31. The maximum Gasteiger partial charge on any atom is 0.153 e. The van der Waals surface area contributed by atoms with E-state index in [0.717, 1.165) is 24.5 Å². The fourth-order valence-electron chi connectivity index (χ4n) is 1.15. The molecule has 1 aromatic rings. The second-order valence-corrected chi connectivity index (χ2v) is 3.31. The van der Waals surface area contributed by atoms with Crippen LogP contribution in [-0.2, 0) is 22.6 Å². The number of nitrogens with zero attached hydrogens (tertiary/aromatic N) is 2. The molecule has 1 heterocycles. The van der Waals surface area contributed by atoms with Gasteiger partial charge in [0.15, 0.2) is 5.82 Å². The van der Waals surface area contributed by atoms with Crippen LogP contribution in [0.3, 0.4) is 0 Å². The van der Waals surface area contributed by atoms with E-state index < -0.39 is 0 Å². The van der Waals surface area contributed by atoms with Crippen LogP contribution in [0.25, 0.3) is 0 Å². The molecule has 5 heteroatoms. The van der Waals surface area contributed by atoms with Crippen LogP contribution in [0, 0.1) is 0 Å². The van der Waals surface area contributed by atoms with Gasteiger partial charge in [0.1, 0.15) is 6.61 Å². The molecule has 0 spiro atoms. The first-order valence-electron chi connectivity index (χ1n) is 5.44. The molecule has 0 aliphatic heterocycles. The van der Waals surface area contributed by atoms with Crippen molar-refractivity contribution in [3.05, 3.63) is 23.8 Å². The molecular weight excluding hydrogens is 206 g/mol. The number of hydrogen-bond acceptors (Lipinski definition) is 5. The summed E-state index contributed by atoms with van der Waals surface area (Å²) in [6.07, 6.45) is 3.64. The highest BCUT2D eigenvalue weighted by Gasteiger charge is 1.97. The number of nitrogens with one attached hydrogen (secondary N) is 1. The molecule has 0 aliphatic rings. The molecule has 1 aromatic heterocycles. The van der Waals surface area contributed by atoms with Crippen LogP contribution in [0.1, 0.15) is 18.3 Å². The summed E-state index contributed by atoms with van der Waals surface area (Å²) >= 11 is 0. The predicted octanol–water partition coefficient (Wildman–Crippen LogP) is 0.749. The second kappa shape index (κ2) is 8.15. The Balaban J connectivity index is 2.27. The van der Waals surface area contributed by atoms with Gasteiger partial charge in [-0.2, -0.15) is 0 Å². The third-order valence-electron chi connectivity index (χ3n) is 2.01. The topological polar surface area (TPSA) is 56.3 Å². The van der Waals surface area contributed by atoms with Crippen molar-refractivity contribution in [2.75, 3.05) is 26.9 Å². The molecule has 5 nitrogen and oxygen atoms in total. The van der Waals surface area contributed by atoms with E-state index in [9.17, 15) is 0 Å². The van der Waals surface area contributed by atoms with Gasteiger partial charge in [-0.05, 0) is 6.92 Å². The minimum atomic E-state index is 0.480. The summed E-state index contributed by atoms with van der Waals surface area (Å²) in [5.41, 5.74) is 1.07. The first kappa shape index (κ1) is 13.0. The average molecular weight is 225 g/mol. The van der Waals surface area contributed by atoms with Crippen molar-refractivity contribution in [3.8, 4) is 0 Å². The Morgan fingerprint density at radius 3 is 2.69 bits per heavy atom. The molecule has 0 aliphatic carbocycles. The van der Waals surface area contributed by atoms with Crippen LogP contribution >= 0.6 is 0 Å². The number of hydrogen-bond donors (Lipinski definition) is 1. The van der Waals surface area contributed by atoms with Crippen LogP contribution in [-0.4, -0.2) is 36.8 Å². The summed E-state index contributed by atoms with van der Waals surface area (Å²) in [7, 11) is 1.69. The van der Waals surface area contributed by atoms with Crippen LogP contribution in [0.5, 0.6) is 0 Å². The number of rotatable bonds is 8. The van der Waals surface area contributed by atoms with Crippen LogP contribution < -0.4 is 5.32 Å². The molecule has 0 amide bonds. The van der Waals surface area contributed by atoms with Crippen LogP contribution in [0.2, 0.25) is 0 Å². The predicted molar refractivity (Wildman–Crippen MR) is 60.9 cm³/mol. The zero-order valence-corrected chi connectivity index (χ0v) is 9.90. The third-order valence-corrected chi connectivity index (χ3v) is 2.01. The van der Waals surface area contributed by atoms with Gasteiger partial charge in [-0.3, -0.25) is 0 Å². The third kappa shape index (κ3) is 5.16. The van der Waals surface area contributed by atoms with E-state index in [4.69, 9.17) is 9.47 Å². The lowest BCUT2D eigenvalue weighted by atomic mass is 10.3. The van der Waals surface area contributed by atoms with Crippen molar-refractivity contribution in [3.63, 3.8) is 0 Å². The zero-order chi connectivity index (χ0) is 11.6. The van der Waals surface area contributed by atoms with E-state index in [2.05, 4.69) is 15.3 Å². The van der Waals surface area contributed by atoms with Crippen molar-refractivity contribution in [2.24, 2.45) is 0 Å². The molecule has 0 unspecified atom stereocenters. The Hall–Kier alpha value is -1.04. The normalized spacial score (nSPS) is 10.6. The largest absolute Gasteiger partial charge is 0.383 e. The minimum Gasteiger partial charge on any atom is -0.383 e. The summed E-state index contributed by atoms with van der Waals surface area (Å²) < 4.78 is 10.1. The lowest BCUT2D eigenvalue weighted by molar-refractivity contribution is 0.128. The van der Waals surface area contributed by atoms with Gasteiger partial charge in [-0.15, -0.1) is 0 Å². The van der Waals surface area contributed by atoms with E-state index in [0.29, 0.717) is 19.8 Å². The Kier molecular flexibility index (Phi) is 6.64. The highest BCUT2D eigenvalue weighted by Crippen LogP contribution is 1.97. The fraction of sp³-hybridized carbons (Fsp3) is 0.636. The lowest BCUT2D eigenvalue weighted by Gasteiger charge is -2.04. The molecule has 0 radical (unpaired) electrons. The maximum atomic E-state index is 5.22. The van der Waals surface area contributed by atoms with Gasteiger partial charge in [-0.25, -0.2) is 9.97 Å². The van der Waals surface area contributed by atoms with Crippen LogP contribution in [0.4, 0.5) is 0 Å². The van der Waals surface area contributed by atoms with Gasteiger partial charge in [0, 0.05) is 44.8 Å². The molecular formula is C11H19N3O2. The van der Waals surface area contributed by atoms with Crippen molar-refractivity contribution in [1.29, 1.82) is 0 Å². The molecule has 0 aromatic carbocycles. The SMILES string of the molecule is CCOCc1ncc(CNCCOC)cn1. The lowest BCUT2D eigenvalue weighted by Crippen LogP contribution is -2.18. The molecule has 1 N–H and O–H groups in total. The van der Waals surface area contributed by atoms with Crippen molar-refractivity contribution in [1.82, 2.24) is 15.3 Å². The van der Waals surface area contributed by atoms with Gasteiger partial charge in [-0.1, -0.05) is 0 Å². The van der Waals surface area contributed by atoms with Crippen LogP contribution in [0.15, 0.2) is 12.4 Å². The van der Waals surface area contributed by atoms with Crippen molar-refractivity contribution < 1.29 is 9.47 Å². The maximum absolute atomic E-state index is 5.22. The Morgan fingerprint density at radius 1 is 1.31 bits per heavy atom. The Bertz CT molecular complexity index is 277. The average Bonchev–Trinajstić information content (AvgIpc) is 2.33. The summed E-state index contributed by atoms with van der Waals surface area (Å²) in [6.45, 7) is 5.42. The van der Waals surface area contributed by atoms with E-state index >= 15 is 0 Å². The molecule has 0 saturated heterocycles. The Labute approximate surface area is 96.2 Å². The highest BCUT2D eigenvalue weighted by atomic mass is 16.5. The summed E-state index contributed by atoms with van der Waals surface area (Å²) in [4.78, 5) is 8.42. The molecule has 16 heavy (non-hydrogen) atoms. The smallest absolute Gasteiger partial charge is 0.153 e. The van der Waals surface area contributed by atoms with E-state index in [1.165, 1.54) is 0 Å². The van der Waals surface area contributed by atoms with Gasteiger partial charge in [0.25, 0.3) is 0 Å². The molecule has 0 saturated carbocycles. The van der Waals surface area contributed by atoms with Gasteiger partial charge >= 0.3 is 0 Å². The molecule has 90 valence electrons. The van der Waals surface area contributed by atoms with Gasteiger partial charge in [0.2, 0.25) is 0 Å². The first-order chi connectivity index (χ1) is 7.86. The Morgan fingerprint density at radius 2 is 2.06 bits per heavy atom. The van der Waals surface area contributed by atoms with Gasteiger partial charge in [0.05, 0.1) is 6.61 Å². The monoisotopic (exact) mass is 225 g/mol. The molecule has 0 fully saturated rings. The summed E-state index contributed by atoms with van der Waals surface area (Å²) in [5.74, 6) is 0.725. The first-order valence-corrected chi connectivity index (χ1v) is 5.44. The summed E-state index contributed by atoms with van der Waals surface area (Å²) in [6, 6.07) is 0. The molecule has 0 bridgehead atoms. The zero-order valence-electron chi connectivity index (χ0n) is 9.90. The van der Waals surface area contributed by atoms with E-state index in [-0.39, 0.29) is 0 Å². The quantitative estimate of drug-likeness (QED) is 0.662. The van der Waals surface area contributed by atoms with Crippen molar-refractivity contribution in [2.45, 2.75) is 20.1 Å². The highest BCUT2D eigenvalue weighted by molar-refractivity contribution is 5.04. The molecule has 1 rings (SSSR count). The number of methoxy groups -OCH3 is 1. The number of aromatic nitrogens is 2. The van der Waals surface area contributed by atoms with Gasteiger partial charge < -0.3 is 14.8 Å². The van der Waals surface area contributed by atoms with E-state index in [1.54, 1.807) is 7.11 Å². The minimum absolute atomic E-state index is 0.480. The summed E-state index contributed by atoms with van der Waals surface area (Å²) in [5, 5.41) is 3.23. The molecule has 0 atom stereocenters.